The Kier molecular flexibility index (Phi) is 13.1. The van der Waals surface area contributed by atoms with Crippen LogP contribution in [0.5, 0.6) is 5.75 Å². The van der Waals surface area contributed by atoms with Crippen molar-refractivity contribution < 1.29 is 41.0 Å². The molecular formula is C31H37Cl2F6N3O3. The zero-order valence-electron chi connectivity index (χ0n) is 25.1. The van der Waals surface area contributed by atoms with Crippen LogP contribution < -0.4 is 0 Å². The van der Waals surface area contributed by atoms with Crippen molar-refractivity contribution in [2.24, 2.45) is 0 Å². The molecule has 250 valence electrons. The number of phenols is 1. The van der Waals surface area contributed by atoms with Crippen molar-refractivity contribution in [3.05, 3.63) is 64.2 Å². The number of carbonyl (C=O) groups is 1. The van der Waals surface area contributed by atoms with E-state index in [1.54, 1.807) is 19.1 Å². The number of piperazine rings is 1. The highest BCUT2D eigenvalue weighted by Crippen LogP contribution is 2.37. The van der Waals surface area contributed by atoms with Crippen LogP contribution in [0.4, 0.5) is 26.3 Å². The summed E-state index contributed by atoms with van der Waals surface area (Å²) in [4.78, 5) is 19.2. The second-order valence-corrected chi connectivity index (χ2v) is 11.6. The lowest BCUT2D eigenvalue weighted by atomic mass is 9.98. The summed E-state index contributed by atoms with van der Waals surface area (Å²) < 4.78 is 86.5. The number of phenolic OH excluding ortho intramolecular Hbond substituents is 1. The molecule has 45 heavy (non-hydrogen) atoms. The second kappa shape index (κ2) is 15.3. The maximum Gasteiger partial charge on any atom is 0.416 e. The molecule has 6 nitrogen and oxygen atoms in total. The smallest absolute Gasteiger partial charge is 0.416 e. The molecule has 2 aliphatic heterocycles. The van der Waals surface area contributed by atoms with Gasteiger partial charge >= 0.3 is 12.4 Å². The lowest BCUT2D eigenvalue weighted by molar-refractivity contribution is -0.143. The van der Waals surface area contributed by atoms with Gasteiger partial charge in [-0.2, -0.15) is 26.3 Å². The third-order valence-electron chi connectivity index (χ3n) is 7.91. The molecule has 0 radical (unpaired) electrons. The average Bonchev–Trinajstić information content (AvgIpc) is 2.92. The highest BCUT2D eigenvalue weighted by atomic mass is 35.5. The first kappa shape index (κ1) is 38.5. The number of ether oxygens (including phenoxy) is 1. The number of alkyl halides is 6. The number of carbonyl (C=O) groups excluding carboxylic acids is 1. The van der Waals surface area contributed by atoms with Crippen LogP contribution in [-0.4, -0.2) is 89.8 Å². The predicted molar refractivity (Wildman–Crippen MR) is 163 cm³/mol. The molecule has 1 atom stereocenters. The number of benzene rings is 2. The van der Waals surface area contributed by atoms with Crippen LogP contribution >= 0.6 is 24.8 Å². The first-order valence-corrected chi connectivity index (χ1v) is 13.9. The maximum absolute atomic E-state index is 13.6. The number of aromatic hydroxyl groups is 1. The van der Waals surface area contributed by atoms with E-state index in [0.29, 0.717) is 57.1 Å². The molecule has 1 amide bonds. The van der Waals surface area contributed by atoms with Crippen molar-refractivity contribution in [3.8, 4) is 17.6 Å². The largest absolute Gasteiger partial charge is 0.508 e. The summed E-state index contributed by atoms with van der Waals surface area (Å²) in [6, 6.07) is 5.34. The lowest BCUT2D eigenvalue weighted by Gasteiger charge is -2.41. The van der Waals surface area contributed by atoms with Gasteiger partial charge in [-0.3, -0.25) is 14.6 Å². The Labute approximate surface area is 271 Å². The fourth-order valence-corrected chi connectivity index (χ4v) is 5.37. The van der Waals surface area contributed by atoms with Gasteiger partial charge in [0.05, 0.1) is 37.4 Å². The first-order chi connectivity index (χ1) is 20.0. The average molecular weight is 685 g/mol. The fourth-order valence-electron chi connectivity index (χ4n) is 5.37. The second-order valence-electron chi connectivity index (χ2n) is 11.6. The molecule has 2 fully saturated rings. The van der Waals surface area contributed by atoms with Crippen molar-refractivity contribution in [2.75, 3.05) is 52.5 Å². The molecule has 2 aromatic carbocycles. The van der Waals surface area contributed by atoms with E-state index in [-0.39, 0.29) is 55.1 Å². The fraction of sp³-hybridized carbons (Fsp3) is 0.516. The normalized spacial score (nSPS) is 19.1. The summed E-state index contributed by atoms with van der Waals surface area (Å²) >= 11 is 0. The van der Waals surface area contributed by atoms with Gasteiger partial charge in [0.25, 0.3) is 5.91 Å². The zero-order valence-corrected chi connectivity index (χ0v) is 26.7. The number of rotatable bonds is 5. The molecule has 2 aromatic rings. The predicted octanol–water partition coefficient (Wildman–Crippen LogP) is 6.07. The van der Waals surface area contributed by atoms with Crippen molar-refractivity contribution >= 4 is 30.7 Å². The molecule has 0 aliphatic carbocycles. The van der Waals surface area contributed by atoms with E-state index in [1.807, 2.05) is 4.90 Å². The summed E-state index contributed by atoms with van der Waals surface area (Å²) in [5, 5.41) is 9.93. The topological polar surface area (TPSA) is 56.2 Å². The SMILES string of the molecule is Cc1cc(CC2CN(CC#CCN3CCOCC3(C)C)CCN2C(=O)c2cc(C(F)(F)F)cc(C(F)(F)F)c2)ccc1O.Cl.Cl. The number of aryl methyl sites for hydroxylation is 1. The van der Waals surface area contributed by atoms with Crippen LogP contribution in [0.1, 0.15) is 46.5 Å². The van der Waals surface area contributed by atoms with Gasteiger partial charge in [-0.25, -0.2) is 0 Å². The Morgan fingerprint density at radius 1 is 0.956 bits per heavy atom. The third-order valence-corrected chi connectivity index (χ3v) is 7.91. The van der Waals surface area contributed by atoms with Crippen molar-refractivity contribution in [3.63, 3.8) is 0 Å². The van der Waals surface area contributed by atoms with Crippen LogP contribution in [0, 0.1) is 18.8 Å². The number of hydrogen-bond acceptors (Lipinski definition) is 5. The summed E-state index contributed by atoms with van der Waals surface area (Å²) in [6.07, 6.45) is -9.84. The van der Waals surface area contributed by atoms with Crippen LogP contribution in [0.25, 0.3) is 0 Å². The van der Waals surface area contributed by atoms with Gasteiger partial charge in [0.2, 0.25) is 0 Å². The lowest BCUT2D eigenvalue weighted by Crippen LogP contribution is -2.56. The van der Waals surface area contributed by atoms with Crippen LogP contribution in [-0.2, 0) is 23.5 Å². The van der Waals surface area contributed by atoms with E-state index in [9.17, 15) is 36.2 Å². The van der Waals surface area contributed by atoms with Gasteiger partial charge in [0.1, 0.15) is 5.75 Å². The molecular weight excluding hydrogens is 647 g/mol. The standard InChI is InChI=1S/C31H35F6N3O3.2ClH/c1-21-14-22(6-7-27(21)41)15-26-19-38(8-4-5-9-39-12-13-43-20-29(39,2)3)10-11-40(26)28(42)23-16-24(30(32,33)34)18-25(17-23)31(35,36)37;;/h6-7,14,16-18,26,41H,8-13,15,19-20H2,1-3H3;2*1H. The summed E-state index contributed by atoms with van der Waals surface area (Å²) in [5.74, 6) is 5.55. The molecule has 2 heterocycles. The number of nitrogens with zero attached hydrogens (tertiary/aromatic N) is 3. The van der Waals surface area contributed by atoms with Crippen LogP contribution in [0.3, 0.4) is 0 Å². The zero-order chi connectivity index (χ0) is 31.6. The Bertz CT molecular complexity index is 1360. The summed E-state index contributed by atoms with van der Waals surface area (Å²) in [6.45, 7) is 9.59. The van der Waals surface area contributed by atoms with E-state index in [4.69, 9.17) is 4.74 Å². The highest BCUT2D eigenvalue weighted by molar-refractivity contribution is 5.95. The minimum atomic E-state index is -5.06. The Hall–Kier alpha value is -2.69. The van der Waals surface area contributed by atoms with E-state index in [0.717, 1.165) is 12.1 Å². The summed E-state index contributed by atoms with van der Waals surface area (Å²) in [7, 11) is 0. The van der Waals surface area contributed by atoms with Gasteiger partial charge in [-0.05, 0) is 62.6 Å². The molecule has 2 saturated heterocycles. The molecule has 0 aromatic heterocycles. The monoisotopic (exact) mass is 683 g/mol. The molecule has 14 heteroatoms. The molecule has 1 unspecified atom stereocenters. The maximum atomic E-state index is 13.6. The van der Waals surface area contributed by atoms with Crippen molar-refractivity contribution in [1.29, 1.82) is 0 Å². The summed E-state index contributed by atoms with van der Waals surface area (Å²) in [5.41, 5.74) is -2.51. The van der Waals surface area contributed by atoms with Gasteiger partial charge in [-0.15, -0.1) is 24.8 Å². The van der Waals surface area contributed by atoms with Crippen molar-refractivity contribution in [1.82, 2.24) is 14.7 Å². The minimum absolute atomic E-state index is 0. The number of morpholine rings is 1. The number of hydrogen-bond donors (Lipinski definition) is 1. The third kappa shape index (κ3) is 9.90. The molecule has 0 bridgehead atoms. The quantitative estimate of drug-likeness (QED) is 0.307. The van der Waals surface area contributed by atoms with Crippen LogP contribution in [0.15, 0.2) is 36.4 Å². The van der Waals surface area contributed by atoms with Crippen molar-refractivity contribution in [2.45, 2.75) is 51.1 Å². The Morgan fingerprint density at radius 3 is 2.16 bits per heavy atom. The number of amides is 1. The Balaban J connectivity index is 0.00000353. The van der Waals surface area contributed by atoms with Gasteiger partial charge in [0.15, 0.2) is 0 Å². The van der Waals surface area contributed by atoms with E-state index < -0.39 is 41.0 Å². The molecule has 4 rings (SSSR count). The van der Waals surface area contributed by atoms with Crippen LogP contribution in [0.2, 0.25) is 0 Å². The highest BCUT2D eigenvalue weighted by Gasteiger charge is 2.39. The van der Waals surface area contributed by atoms with Gasteiger partial charge in [0, 0.05) is 43.3 Å². The van der Waals surface area contributed by atoms with E-state index >= 15 is 0 Å². The van der Waals surface area contributed by atoms with Gasteiger partial charge in [-0.1, -0.05) is 24.0 Å². The molecule has 1 N–H and O–H groups in total. The Morgan fingerprint density at radius 2 is 1.58 bits per heavy atom. The van der Waals surface area contributed by atoms with E-state index in [2.05, 4.69) is 30.6 Å². The molecule has 0 saturated carbocycles. The first-order valence-electron chi connectivity index (χ1n) is 13.9. The molecule has 2 aliphatic rings. The number of halogens is 8. The van der Waals surface area contributed by atoms with Gasteiger partial charge < -0.3 is 14.7 Å². The molecule has 0 spiro atoms. The van der Waals surface area contributed by atoms with E-state index in [1.165, 1.54) is 11.0 Å². The minimum Gasteiger partial charge on any atom is -0.508 e.